The first-order chi connectivity index (χ1) is 8.35. The molecular weight excluding hydrogens is 230 g/mol. The normalized spacial score (nSPS) is 14.9. The van der Waals surface area contributed by atoms with Gasteiger partial charge in [-0.15, -0.1) is 11.8 Å². The molecular formula is C14H21NOS. The number of thioether (sulfide) groups is 1. The minimum Gasteiger partial charge on any atom is -0.493 e. The minimum absolute atomic E-state index is 0.557. The third-order valence-electron chi connectivity index (χ3n) is 3.07. The molecule has 3 heteroatoms. The van der Waals surface area contributed by atoms with Crippen molar-refractivity contribution in [2.45, 2.75) is 37.6 Å². The predicted molar refractivity (Wildman–Crippen MR) is 73.6 cm³/mol. The van der Waals surface area contributed by atoms with Crippen LogP contribution in [-0.4, -0.2) is 12.4 Å². The van der Waals surface area contributed by atoms with Gasteiger partial charge >= 0.3 is 0 Å². The van der Waals surface area contributed by atoms with Crippen LogP contribution in [0.4, 0.5) is 0 Å². The summed E-state index contributed by atoms with van der Waals surface area (Å²) in [5, 5.41) is 0. The van der Waals surface area contributed by atoms with Crippen LogP contribution in [-0.2, 0) is 6.54 Å². The third-order valence-corrected chi connectivity index (χ3v) is 4.06. The summed E-state index contributed by atoms with van der Waals surface area (Å²) >= 11 is 1.83. The van der Waals surface area contributed by atoms with E-state index in [2.05, 4.69) is 19.1 Å². The number of hydrogen-bond donors (Lipinski definition) is 1. The summed E-state index contributed by atoms with van der Waals surface area (Å²) in [6, 6.07) is 6.22. The molecule has 2 N–H and O–H groups in total. The van der Waals surface area contributed by atoms with E-state index in [-0.39, 0.29) is 0 Å². The summed E-state index contributed by atoms with van der Waals surface area (Å²) in [5.74, 6) is 2.97. The van der Waals surface area contributed by atoms with Crippen LogP contribution in [0.25, 0.3) is 0 Å². The van der Waals surface area contributed by atoms with Gasteiger partial charge in [0.1, 0.15) is 5.75 Å². The van der Waals surface area contributed by atoms with Gasteiger partial charge in [0.15, 0.2) is 0 Å². The molecule has 0 atom stereocenters. The van der Waals surface area contributed by atoms with Crippen LogP contribution in [0.3, 0.4) is 0 Å². The molecule has 1 aromatic rings. The molecule has 1 saturated carbocycles. The van der Waals surface area contributed by atoms with Crippen molar-refractivity contribution in [2.75, 3.05) is 12.4 Å². The smallest absolute Gasteiger partial charge is 0.124 e. The second-order valence-corrected chi connectivity index (χ2v) is 5.76. The second kappa shape index (κ2) is 6.31. The summed E-state index contributed by atoms with van der Waals surface area (Å²) in [7, 11) is 0. The summed E-state index contributed by atoms with van der Waals surface area (Å²) in [6.07, 6.45) is 3.97. The second-order valence-electron chi connectivity index (χ2n) is 4.45. The Morgan fingerprint density at radius 3 is 2.88 bits per heavy atom. The topological polar surface area (TPSA) is 35.2 Å². The Morgan fingerprint density at radius 2 is 2.24 bits per heavy atom. The molecule has 1 aromatic carbocycles. The van der Waals surface area contributed by atoms with E-state index in [1.807, 2.05) is 17.8 Å². The van der Waals surface area contributed by atoms with E-state index in [9.17, 15) is 0 Å². The number of benzene rings is 1. The monoisotopic (exact) mass is 251 g/mol. The van der Waals surface area contributed by atoms with Gasteiger partial charge in [0.25, 0.3) is 0 Å². The Hall–Kier alpha value is -0.670. The van der Waals surface area contributed by atoms with Crippen molar-refractivity contribution in [1.82, 2.24) is 0 Å². The average molecular weight is 251 g/mol. The van der Waals surface area contributed by atoms with Gasteiger partial charge in [-0.25, -0.2) is 0 Å². The van der Waals surface area contributed by atoms with Crippen LogP contribution < -0.4 is 10.5 Å². The van der Waals surface area contributed by atoms with Gasteiger partial charge in [-0.05, 0) is 30.2 Å². The van der Waals surface area contributed by atoms with Gasteiger partial charge in [0, 0.05) is 17.0 Å². The number of rotatable bonds is 7. The first kappa shape index (κ1) is 12.8. The highest BCUT2D eigenvalue weighted by Gasteiger charge is 2.21. The number of hydrogen-bond acceptors (Lipinski definition) is 3. The van der Waals surface area contributed by atoms with Crippen molar-refractivity contribution in [3.05, 3.63) is 23.8 Å². The van der Waals surface area contributed by atoms with E-state index >= 15 is 0 Å². The van der Waals surface area contributed by atoms with E-state index < -0.39 is 0 Å². The number of nitrogens with two attached hydrogens (primary N) is 1. The molecule has 2 nitrogen and oxygen atoms in total. The molecule has 0 unspecified atom stereocenters. The lowest BCUT2D eigenvalue weighted by molar-refractivity contribution is 0.298. The lowest BCUT2D eigenvalue weighted by Crippen LogP contribution is -2.05. The molecule has 1 aliphatic carbocycles. The van der Waals surface area contributed by atoms with Crippen LogP contribution in [0.15, 0.2) is 23.1 Å². The maximum atomic E-state index is 5.87. The predicted octanol–water partition coefficient (Wildman–Crippen LogP) is 3.44. The van der Waals surface area contributed by atoms with Gasteiger partial charge in [-0.2, -0.15) is 0 Å². The van der Waals surface area contributed by atoms with E-state index in [1.165, 1.54) is 24.2 Å². The van der Waals surface area contributed by atoms with Crippen LogP contribution in [0.1, 0.15) is 31.7 Å². The first-order valence-electron chi connectivity index (χ1n) is 6.42. The summed E-state index contributed by atoms with van der Waals surface area (Å²) in [6.45, 7) is 3.55. The molecule has 1 aliphatic rings. The summed E-state index contributed by atoms with van der Waals surface area (Å²) in [5.41, 5.74) is 6.99. The highest BCUT2D eigenvalue weighted by atomic mass is 32.2. The van der Waals surface area contributed by atoms with Crippen molar-refractivity contribution in [3.63, 3.8) is 0 Å². The quantitative estimate of drug-likeness (QED) is 0.754. The molecule has 0 aromatic heterocycles. The highest BCUT2D eigenvalue weighted by molar-refractivity contribution is 7.99. The lowest BCUT2D eigenvalue weighted by Gasteiger charge is -2.13. The Bertz CT molecular complexity index is 363. The molecule has 0 amide bonds. The molecule has 0 bridgehead atoms. The van der Waals surface area contributed by atoms with Crippen LogP contribution in [0.2, 0.25) is 0 Å². The molecule has 0 saturated heterocycles. The fraction of sp³-hybridized carbons (Fsp3) is 0.571. The average Bonchev–Trinajstić information content (AvgIpc) is 3.14. The van der Waals surface area contributed by atoms with Crippen LogP contribution in [0.5, 0.6) is 5.75 Å². The van der Waals surface area contributed by atoms with E-state index in [0.717, 1.165) is 29.6 Å². The molecule has 0 heterocycles. The SMILES string of the molecule is CCSc1cccc(OCCC2CC2)c1CN. The van der Waals surface area contributed by atoms with Crippen molar-refractivity contribution in [1.29, 1.82) is 0 Å². The first-order valence-corrected chi connectivity index (χ1v) is 7.41. The molecule has 17 heavy (non-hydrogen) atoms. The maximum absolute atomic E-state index is 5.87. The van der Waals surface area contributed by atoms with Gasteiger partial charge in [-0.1, -0.05) is 25.8 Å². The van der Waals surface area contributed by atoms with Gasteiger partial charge in [0.05, 0.1) is 6.61 Å². The van der Waals surface area contributed by atoms with E-state index in [4.69, 9.17) is 10.5 Å². The molecule has 1 fully saturated rings. The van der Waals surface area contributed by atoms with Gasteiger partial charge in [0.2, 0.25) is 0 Å². The van der Waals surface area contributed by atoms with E-state index in [1.54, 1.807) is 0 Å². The summed E-state index contributed by atoms with van der Waals surface area (Å²) in [4.78, 5) is 1.26. The minimum atomic E-state index is 0.557. The Balaban J connectivity index is 1.99. The largest absolute Gasteiger partial charge is 0.493 e. The zero-order valence-corrected chi connectivity index (χ0v) is 11.3. The Kier molecular flexibility index (Phi) is 4.75. The van der Waals surface area contributed by atoms with Crippen molar-refractivity contribution < 1.29 is 4.74 Å². The van der Waals surface area contributed by atoms with Crippen molar-refractivity contribution >= 4 is 11.8 Å². The van der Waals surface area contributed by atoms with Crippen LogP contribution >= 0.6 is 11.8 Å². The molecule has 0 radical (unpaired) electrons. The number of ether oxygens (including phenoxy) is 1. The van der Waals surface area contributed by atoms with Gasteiger partial charge < -0.3 is 10.5 Å². The molecule has 0 spiro atoms. The third kappa shape index (κ3) is 3.65. The molecule has 0 aliphatic heterocycles. The fourth-order valence-corrected chi connectivity index (χ4v) is 2.76. The van der Waals surface area contributed by atoms with Crippen molar-refractivity contribution in [3.8, 4) is 5.75 Å². The standard InChI is InChI=1S/C14H21NOS/c1-2-17-14-5-3-4-13(12(14)10-15)16-9-8-11-6-7-11/h3-5,11H,2,6-10,15H2,1H3. The molecule has 2 rings (SSSR count). The lowest BCUT2D eigenvalue weighted by atomic mass is 10.2. The highest BCUT2D eigenvalue weighted by Crippen LogP contribution is 2.33. The van der Waals surface area contributed by atoms with E-state index in [0.29, 0.717) is 6.54 Å². The summed E-state index contributed by atoms with van der Waals surface area (Å²) < 4.78 is 5.87. The van der Waals surface area contributed by atoms with Crippen molar-refractivity contribution in [2.24, 2.45) is 11.7 Å². The Morgan fingerprint density at radius 1 is 1.41 bits per heavy atom. The zero-order chi connectivity index (χ0) is 12.1. The maximum Gasteiger partial charge on any atom is 0.124 e. The molecule has 94 valence electrons. The van der Waals surface area contributed by atoms with Gasteiger partial charge in [-0.3, -0.25) is 0 Å². The fourth-order valence-electron chi connectivity index (χ4n) is 1.91. The Labute approximate surface area is 108 Å². The van der Waals surface area contributed by atoms with Crippen LogP contribution in [0, 0.1) is 5.92 Å². The zero-order valence-electron chi connectivity index (χ0n) is 10.4.